The van der Waals surface area contributed by atoms with Crippen LogP contribution < -0.4 is 19.6 Å². The number of fused-ring (bicyclic) bond motifs is 4. The maximum absolute atomic E-state index is 3.94. The molecule has 496 valence electrons. The van der Waals surface area contributed by atoms with Crippen molar-refractivity contribution in [3.8, 4) is 22.3 Å². The van der Waals surface area contributed by atoms with Crippen molar-refractivity contribution < 1.29 is 0 Å². The first-order chi connectivity index (χ1) is 51.0. The number of unbranched alkanes of at least 4 members (excludes halogenated alkanes) is 1. The van der Waals surface area contributed by atoms with Gasteiger partial charge in [-0.3, -0.25) is 0 Å². The lowest BCUT2D eigenvalue weighted by molar-refractivity contribution is 0.346. The van der Waals surface area contributed by atoms with Gasteiger partial charge in [0, 0.05) is 72.5 Å². The highest BCUT2D eigenvalue weighted by atomic mass is 15.2. The Labute approximate surface area is 605 Å². The molecule has 0 heterocycles. The average molecular weight is 1330 g/mol. The number of hydrogen-bond donors (Lipinski definition) is 0. The Kier molecular flexibility index (Phi) is 17.8. The molecule has 0 aromatic heterocycles. The molecule has 0 N–H and O–H groups in total. The number of anilines is 12. The Morgan fingerprint density at radius 1 is 0.252 bits per heavy atom. The minimum absolute atomic E-state index is 0.146. The van der Waals surface area contributed by atoms with Gasteiger partial charge in [-0.05, 0) is 214 Å². The van der Waals surface area contributed by atoms with E-state index in [4.69, 9.17) is 0 Å². The monoisotopic (exact) mass is 1320 g/mol. The van der Waals surface area contributed by atoms with E-state index < -0.39 is 0 Å². The summed E-state index contributed by atoms with van der Waals surface area (Å²) in [4.78, 5) is 9.67. The smallest absolute Gasteiger partial charge is 0.0540 e. The molecule has 1 saturated carbocycles. The van der Waals surface area contributed by atoms with Gasteiger partial charge < -0.3 is 19.6 Å². The molecule has 16 aromatic rings. The van der Waals surface area contributed by atoms with Crippen molar-refractivity contribution in [2.75, 3.05) is 19.6 Å². The molecule has 0 bridgehead atoms. The van der Waals surface area contributed by atoms with Crippen LogP contribution in [0, 0.1) is 0 Å². The molecule has 1 aliphatic rings. The highest BCUT2D eigenvalue weighted by molar-refractivity contribution is 6.03. The van der Waals surface area contributed by atoms with Crippen LogP contribution >= 0.6 is 0 Å². The molecule has 0 spiro atoms. The third-order valence-electron chi connectivity index (χ3n) is 21.3. The second-order valence-corrected chi connectivity index (χ2v) is 27.4. The summed E-state index contributed by atoms with van der Waals surface area (Å²) in [6, 6.07) is 137. The highest BCUT2D eigenvalue weighted by Crippen LogP contribution is 2.50. The molecule has 0 atom stereocenters. The average Bonchev–Trinajstić information content (AvgIpc) is 0.784. The fourth-order valence-electron chi connectivity index (χ4n) is 16.1. The lowest BCUT2D eigenvalue weighted by Gasteiger charge is -2.39. The first-order valence-corrected chi connectivity index (χ1v) is 36.5. The largest absolute Gasteiger partial charge is 0.310 e. The van der Waals surface area contributed by atoms with Gasteiger partial charge in [0.05, 0.1) is 22.7 Å². The van der Waals surface area contributed by atoms with Gasteiger partial charge >= 0.3 is 0 Å². The van der Waals surface area contributed by atoms with Crippen LogP contribution in [0.3, 0.4) is 0 Å². The number of rotatable bonds is 20. The maximum atomic E-state index is 3.94. The van der Waals surface area contributed by atoms with Crippen molar-refractivity contribution in [1.82, 2.24) is 0 Å². The van der Waals surface area contributed by atoms with Gasteiger partial charge in [0.15, 0.2) is 0 Å². The van der Waals surface area contributed by atoms with Crippen LogP contribution in [0.4, 0.5) is 68.2 Å². The Hall–Kier alpha value is -12.5. The molecule has 17 rings (SSSR count). The van der Waals surface area contributed by atoms with Crippen LogP contribution in [0.2, 0.25) is 0 Å². The SMILES string of the molecule is C=CCCCc1ccc(N(c2ccc(-c3ccc(N(c4ccc(C5(c6ccc(N(c7ccc(-c8ccc(N(c9ccccc9)c9cccc%10ccccc9%10)cc8)cc7)c7cccc8ccccc78)cc6)CCCCC5)cc4)c4cccc5ccccc45)cc3)cc2)c2cccc3ccccc23)cc1. The molecule has 0 amide bonds. The van der Waals surface area contributed by atoms with Crippen LogP contribution in [-0.2, 0) is 11.8 Å². The molecule has 4 heteroatoms. The Morgan fingerprint density at radius 2 is 0.515 bits per heavy atom. The maximum Gasteiger partial charge on any atom is 0.0540 e. The molecule has 0 radical (unpaired) electrons. The van der Waals surface area contributed by atoms with Crippen molar-refractivity contribution in [1.29, 1.82) is 0 Å². The topological polar surface area (TPSA) is 13.0 Å². The van der Waals surface area contributed by atoms with Crippen molar-refractivity contribution in [3.05, 3.63) is 399 Å². The fourth-order valence-corrected chi connectivity index (χ4v) is 16.1. The second kappa shape index (κ2) is 28.6. The summed E-state index contributed by atoms with van der Waals surface area (Å²) >= 11 is 0. The van der Waals surface area contributed by atoms with E-state index >= 15 is 0 Å². The van der Waals surface area contributed by atoms with Crippen LogP contribution in [0.15, 0.2) is 383 Å². The van der Waals surface area contributed by atoms with E-state index in [0.717, 1.165) is 123 Å². The third-order valence-corrected chi connectivity index (χ3v) is 21.3. The van der Waals surface area contributed by atoms with Gasteiger partial charge in [0.25, 0.3) is 0 Å². The van der Waals surface area contributed by atoms with E-state index in [-0.39, 0.29) is 5.41 Å². The molecule has 1 aliphatic carbocycles. The van der Waals surface area contributed by atoms with Gasteiger partial charge in [-0.1, -0.05) is 274 Å². The van der Waals surface area contributed by atoms with Gasteiger partial charge in [-0.2, -0.15) is 0 Å². The summed E-state index contributed by atoms with van der Waals surface area (Å²) in [7, 11) is 0. The summed E-state index contributed by atoms with van der Waals surface area (Å²) in [5.41, 5.74) is 22.1. The van der Waals surface area contributed by atoms with Crippen molar-refractivity contribution in [2.45, 2.75) is 56.8 Å². The molecule has 0 aliphatic heterocycles. The van der Waals surface area contributed by atoms with Gasteiger partial charge in [-0.15, -0.1) is 6.58 Å². The zero-order chi connectivity index (χ0) is 68.9. The number of allylic oxidation sites excluding steroid dienone is 1. The Bertz CT molecular complexity index is 5610. The molecule has 0 unspecified atom stereocenters. The first-order valence-electron chi connectivity index (χ1n) is 36.5. The molecular formula is C99H80N4. The van der Waals surface area contributed by atoms with E-state index in [2.05, 4.69) is 396 Å². The molecule has 1 fully saturated rings. The second-order valence-electron chi connectivity index (χ2n) is 27.4. The number of benzene rings is 16. The lowest BCUT2D eigenvalue weighted by Crippen LogP contribution is -2.30. The minimum atomic E-state index is -0.146. The molecule has 103 heavy (non-hydrogen) atoms. The quantitative estimate of drug-likeness (QED) is 0.0557. The standard InChI is InChI=1S/C99H80N4/c1-2-3-6-23-72-42-56-84(57-43-72)101(96-39-20-29-78-25-10-14-35-92(78)96)86-60-46-74(47-61-86)76-50-64-88(65-51-76)103(98-41-22-31-80-27-12-16-37-94(80)98)90-68-54-82(55-69-90)99(70-17-5-18-71-99)81-52-66-89(67-53-81)102(97-40-21-30-79-26-11-15-36-93(79)97)87-62-48-75(49-63-87)73-44-58-85(59-45-73)100(83-32-7-4-8-33-83)95-38-19-28-77-24-9-13-34-91(77)95/h2,4,7-16,19-22,24-69H,1,3,5-6,17-18,23,70-71H2. The zero-order valence-corrected chi connectivity index (χ0v) is 57.9. The molecule has 4 nitrogen and oxygen atoms in total. The number of hydrogen-bond acceptors (Lipinski definition) is 4. The van der Waals surface area contributed by atoms with Crippen LogP contribution in [0.1, 0.15) is 61.6 Å². The van der Waals surface area contributed by atoms with Gasteiger partial charge in [0.1, 0.15) is 0 Å². The van der Waals surface area contributed by atoms with Crippen molar-refractivity contribution in [3.63, 3.8) is 0 Å². The summed E-state index contributed by atoms with van der Waals surface area (Å²) in [5.74, 6) is 0. The van der Waals surface area contributed by atoms with Gasteiger partial charge in [0.2, 0.25) is 0 Å². The third kappa shape index (κ3) is 12.7. The highest BCUT2D eigenvalue weighted by Gasteiger charge is 2.36. The van der Waals surface area contributed by atoms with E-state index in [1.165, 1.54) is 79.0 Å². The fraction of sp³-hybridized carbons (Fsp3) is 0.0909. The van der Waals surface area contributed by atoms with E-state index in [9.17, 15) is 0 Å². The number of aryl methyl sites for hydroxylation is 1. The summed E-state index contributed by atoms with van der Waals surface area (Å²) in [5, 5.41) is 9.70. The number of para-hydroxylation sites is 1. The minimum Gasteiger partial charge on any atom is -0.310 e. The normalized spacial score (nSPS) is 12.7. The van der Waals surface area contributed by atoms with Crippen LogP contribution in [-0.4, -0.2) is 0 Å². The van der Waals surface area contributed by atoms with Crippen molar-refractivity contribution in [2.24, 2.45) is 0 Å². The number of nitrogens with zero attached hydrogens (tertiary/aromatic N) is 4. The van der Waals surface area contributed by atoms with E-state index in [1.807, 2.05) is 6.08 Å². The lowest BCUT2D eigenvalue weighted by atomic mass is 9.65. The summed E-state index contributed by atoms with van der Waals surface area (Å²) < 4.78 is 0. The van der Waals surface area contributed by atoms with Crippen LogP contribution in [0.25, 0.3) is 65.3 Å². The summed E-state index contributed by atoms with van der Waals surface area (Å²) in [6.45, 7) is 3.94. The Morgan fingerprint density at radius 3 is 0.825 bits per heavy atom. The van der Waals surface area contributed by atoms with Crippen LogP contribution in [0.5, 0.6) is 0 Å². The van der Waals surface area contributed by atoms with E-state index in [1.54, 1.807) is 0 Å². The molecule has 16 aromatic carbocycles. The Balaban J connectivity index is 0.672. The zero-order valence-electron chi connectivity index (χ0n) is 57.9. The van der Waals surface area contributed by atoms with Crippen molar-refractivity contribution >= 4 is 111 Å². The molecular weight excluding hydrogens is 1250 g/mol. The summed E-state index contributed by atoms with van der Waals surface area (Å²) in [6.07, 6.45) is 11.0. The predicted octanol–water partition coefficient (Wildman–Crippen LogP) is 28.3. The predicted molar refractivity (Wildman–Crippen MR) is 440 cm³/mol. The van der Waals surface area contributed by atoms with Gasteiger partial charge in [-0.25, -0.2) is 0 Å². The van der Waals surface area contributed by atoms with E-state index in [0.29, 0.717) is 0 Å². The first kappa shape index (κ1) is 63.9. The molecule has 0 saturated heterocycles.